The quantitative estimate of drug-likeness (QED) is 0.811. The van der Waals surface area contributed by atoms with E-state index >= 15 is 0 Å². The number of benzene rings is 1. The van der Waals surface area contributed by atoms with Crippen molar-refractivity contribution in [2.75, 3.05) is 29.9 Å². The summed E-state index contributed by atoms with van der Waals surface area (Å²) in [5.41, 5.74) is 2.97. The van der Waals surface area contributed by atoms with Crippen molar-refractivity contribution in [1.82, 2.24) is 14.9 Å². The molecule has 1 saturated heterocycles. The van der Waals surface area contributed by atoms with E-state index in [1.165, 1.54) is 12.8 Å². The number of nitrogens with one attached hydrogen (secondary N) is 1. The molecule has 0 unspecified atom stereocenters. The second-order valence-electron chi connectivity index (χ2n) is 6.80. The van der Waals surface area contributed by atoms with Crippen LogP contribution in [-0.4, -0.2) is 40.5 Å². The number of anilines is 2. The molecule has 1 fully saturated rings. The van der Waals surface area contributed by atoms with Gasteiger partial charge in [-0.2, -0.15) is 0 Å². The minimum atomic E-state index is -0.0875. The molecule has 2 aromatic rings. The first-order valence-electron chi connectivity index (χ1n) is 9.03. The highest BCUT2D eigenvalue weighted by atomic mass is 79.9. The molecule has 6 nitrogen and oxygen atoms in total. The Hall–Kier alpha value is -2.15. The monoisotopic (exact) mass is 415 g/mol. The predicted octanol–water partition coefficient (Wildman–Crippen LogP) is 3.74. The van der Waals surface area contributed by atoms with Crippen molar-refractivity contribution in [3.05, 3.63) is 45.8 Å². The Labute approximate surface area is 161 Å². The molecule has 0 aliphatic carbocycles. The topological polar surface area (TPSA) is 61.4 Å². The maximum absolute atomic E-state index is 12.8. The summed E-state index contributed by atoms with van der Waals surface area (Å²) in [4.78, 5) is 26.3. The molecule has 26 heavy (non-hydrogen) atoms. The van der Waals surface area contributed by atoms with E-state index in [0.717, 1.165) is 52.6 Å². The van der Waals surface area contributed by atoms with E-state index in [9.17, 15) is 4.79 Å². The number of carbonyl (C=O) groups excluding carboxylic acids is 1. The highest BCUT2D eigenvalue weighted by Gasteiger charge is 2.28. The average molecular weight is 416 g/mol. The summed E-state index contributed by atoms with van der Waals surface area (Å²) in [6.45, 7) is 5.24. The molecular weight excluding hydrogens is 394 g/mol. The van der Waals surface area contributed by atoms with Crippen molar-refractivity contribution < 1.29 is 4.79 Å². The molecule has 3 heterocycles. The number of hydrogen-bond donors (Lipinski definition) is 1. The average Bonchev–Trinajstić information content (AvgIpc) is 3.17. The first kappa shape index (κ1) is 17.3. The summed E-state index contributed by atoms with van der Waals surface area (Å²) in [5, 5.41) is 3.00. The Morgan fingerprint density at radius 2 is 1.92 bits per heavy atom. The zero-order valence-electron chi connectivity index (χ0n) is 14.8. The van der Waals surface area contributed by atoms with Crippen molar-refractivity contribution in [3.8, 4) is 0 Å². The molecule has 136 valence electrons. The van der Waals surface area contributed by atoms with Crippen LogP contribution in [0.3, 0.4) is 0 Å². The number of amides is 2. The zero-order chi connectivity index (χ0) is 18.1. The summed E-state index contributed by atoms with van der Waals surface area (Å²) in [5.74, 6) is 1.83. The van der Waals surface area contributed by atoms with Gasteiger partial charge in [0.2, 0.25) is 0 Å². The number of fused-ring (bicyclic) bond motifs is 1. The van der Waals surface area contributed by atoms with Crippen molar-refractivity contribution in [3.63, 3.8) is 0 Å². The fraction of sp³-hybridized carbons (Fsp3) is 0.421. The molecule has 2 aliphatic rings. The van der Waals surface area contributed by atoms with Crippen LogP contribution in [0.4, 0.5) is 16.3 Å². The smallest absolute Gasteiger partial charge is 0.322 e. The van der Waals surface area contributed by atoms with E-state index in [2.05, 4.69) is 31.1 Å². The van der Waals surface area contributed by atoms with Crippen LogP contribution in [0.1, 0.15) is 29.9 Å². The van der Waals surface area contributed by atoms with Crippen LogP contribution < -0.4 is 10.2 Å². The second kappa shape index (κ2) is 7.23. The molecule has 0 spiro atoms. The summed E-state index contributed by atoms with van der Waals surface area (Å²) in [6.07, 6.45) is 3.16. The Morgan fingerprint density at radius 3 is 2.69 bits per heavy atom. The lowest BCUT2D eigenvalue weighted by Crippen LogP contribution is -2.40. The number of urea groups is 1. The molecule has 1 N–H and O–H groups in total. The number of aromatic nitrogens is 2. The van der Waals surface area contributed by atoms with E-state index in [1.54, 1.807) is 0 Å². The molecular formula is C19H22BrN5O. The van der Waals surface area contributed by atoms with E-state index < -0.39 is 0 Å². The molecule has 1 aromatic heterocycles. The molecule has 0 saturated carbocycles. The number of halogens is 1. The number of hydrogen-bond acceptors (Lipinski definition) is 4. The van der Waals surface area contributed by atoms with Crippen LogP contribution in [0.5, 0.6) is 0 Å². The van der Waals surface area contributed by atoms with Gasteiger partial charge in [-0.25, -0.2) is 14.8 Å². The van der Waals surface area contributed by atoms with Crippen LogP contribution in [-0.2, 0) is 13.0 Å². The van der Waals surface area contributed by atoms with Gasteiger partial charge in [0.05, 0.1) is 17.9 Å². The predicted molar refractivity (Wildman–Crippen MR) is 105 cm³/mol. The van der Waals surface area contributed by atoms with Gasteiger partial charge in [-0.05, 0) is 47.8 Å². The van der Waals surface area contributed by atoms with Crippen molar-refractivity contribution in [2.45, 2.75) is 32.7 Å². The van der Waals surface area contributed by atoms with Crippen LogP contribution in [0, 0.1) is 6.92 Å². The number of aryl methyl sites for hydroxylation is 1. The molecule has 2 amide bonds. The lowest BCUT2D eigenvalue weighted by molar-refractivity contribution is 0.206. The number of rotatable bonds is 2. The fourth-order valence-corrected chi connectivity index (χ4v) is 4.02. The van der Waals surface area contributed by atoms with E-state index in [0.29, 0.717) is 13.1 Å². The number of nitrogens with zero attached hydrogens (tertiary/aromatic N) is 4. The molecule has 2 aliphatic heterocycles. The van der Waals surface area contributed by atoms with Crippen LogP contribution in [0.2, 0.25) is 0 Å². The third-order valence-electron chi connectivity index (χ3n) is 4.96. The van der Waals surface area contributed by atoms with E-state index in [1.807, 2.05) is 36.1 Å². The van der Waals surface area contributed by atoms with Gasteiger partial charge in [-0.15, -0.1) is 0 Å². The Morgan fingerprint density at radius 1 is 1.15 bits per heavy atom. The van der Waals surface area contributed by atoms with Crippen LogP contribution in [0.15, 0.2) is 28.7 Å². The largest absolute Gasteiger partial charge is 0.356 e. The minimum absolute atomic E-state index is 0.0875. The summed E-state index contributed by atoms with van der Waals surface area (Å²) in [7, 11) is 0. The summed E-state index contributed by atoms with van der Waals surface area (Å²) >= 11 is 3.48. The standard InChI is InChI=1S/C19H22BrN5O/c1-13-21-16-8-11-25(19(26)23-17-7-3-2-6-15(17)20)12-14(16)18(22-13)24-9-4-5-10-24/h2-3,6-7H,4-5,8-12H2,1H3,(H,23,26). The Kier molecular flexibility index (Phi) is 4.80. The summed E-state index contributed by atoms with van der Waals surface area (Å²) < 4.78 is 0.877. The maximum atomic E-state index is 12.8. The van der Waals surface area contributed by atoms with Gasteiger partial charge in [-0.1, -0.05) is 12.1 Å². The molecule has 1 aromatic carbocycles. The third-order valence-corrected chi connectivity index (χ3v) is 5.65. The SMILES string of the molecule is Cc1nc2c(c(N3CCCC3)n1)CN(C(=O)Nc1ccccc1Br)CC2. The maximum Gasteiger partial charge on any atom is 0.322 e. The van der Waals surface area contributed by atoms with Crippen LogP contribution >= 0.6 is 15.9 Å². The van der Waals surface area contributed by atoms with Gasteiger partial charge < -0.3 is 15.1 Å². The van der Waals surface area contributed by atoms with Gasteiger partial charge in [0.1, 0.15) is 11.6 Å². The van der Waals surface area contributed by atoms with Gasteiger partial charge in [0.25, 0.3) is 0 Å². The van der Waals surface area contributed by atoms with Crippen LogP contribution in [0.25, 0.3) is 0 Å². The first-order chi connectivity index (χ1) is 12.6. The zero-order valence-corrected chi connectivity index (χ0v) is 16.4. The molecule has 0 radical (unpaired) electrons. The lowest BCUT2D eigenvalue weighted by atomic mass is 10.1. The fourth-order valence-electron chi connectivity index (χ4n) is 3.64. The van der Waals surface area contributed by atoms with Gasteiger partial charge in [0, 0.05) is 36.1 Å². The normalized spacial score (nSPS) is 16.5. The highest BCUT2D eigenvalue weighted by molar-refractivity contribution is 9.10. The molecule has 0 bridgehead atoms. The van der Waals surface area contributed by atoms with Gasteiger partial charge >= 0.3 is 6.03 Å². The first-order valence-corrected chi connectivity index (χ1v) is 9.83. The lowest BCUT2D eigenvalue weighted by Gasteiger charge is -2.31. The number of carbonyl (C=O) groups is 1. The molecule has 4 rings (SSSR count). The van der Waals surface area contributed by atoms with E-state index in [-0.39, 0.29) is 6.03 Å². The molecule has 0 atom stereocenters. The highest BCUT2D eigenvalue weighted by Crippen LogP contribution is 2.29. The Balaban J connectivity index is 1.57. The van der Waals surface area contributed by atoms with Gasteiger partial charge in [-0.3, -0.25) is 0 Å². The molecule has 7 heteroatoms. The Bertz CT molecular complexity index is 835. The minimum Gasteiger partial charge on any atom is -0.356 e. The van der Waals surface area contributed by atoms with E-state index in [4.69, 9.17) is 4.98 Å². The summed E-state index contributed by atoms with van der Waals surface area (Å²) in [6, 6.07) is 7.56. The van der Waals surface area contributed by atoms with Crippen molar-refractivity contribution >= 4 is 33.5 Å². The van der Waals surface area contributed by atoms with Gasteiger partial charge in [0.15, 0.2) is 0 Å². The number of para-hydroxylation sites is 1. The van der Waals surface area contributed by atoms with Crippen molar-refractivity contribution in [2.24, 2.45) is 0 Å². The van der Waals surface area contributed by atoms with Crippen molar-refractivity contribution in [1.29, 1.82) is 0 Å². The third kappa shape index (κ3) is 3.40. The second-order valence-corrected chi connectivity index (χ2v) is 7.65.